The highest BCUT2D eigenvalue weighted by Crippen LogP contribution is 2.31. The van der Waals surface area contributed by atoms with Gasteiger partial charge in [-0.2, -0.15) is 0 Å². The average molecular weight is 493 g/mol. The fourth-order valence-corrected chi connectivity index (χ4v) is 5.12. The Labute approximate surface area is 212 Å². The van der Waals surface area contributed by atoms with E-state index in [1.54, 1.807) is 17.9 Å². The van der Waals surface area contributed by atoms with Gasteiger partial charge in [0.1, 0.15) is 10.4 Å². The molecule has 7 nitrogen and oxygen atoms in total. The van der Waals surface area contributed by atoms with Crippen LogP contribution in [0.25, 0.3) is 33.7 Å². The molecule has 3 aromatic heterocycles. The SMILES string of the molecule is O=C(NC1CCN(Cc2ccc(-c3nc4ncccc4nc3-c3ccccc3)cc2)C1)c1cncs1. The van der Waals surface area contributed by atoms with Crippen LogP contribution in [-0.2, 0) is 6.54 Å². The number of hydrogen-bond donors (Lipinski definition) is 1. The molecule has 178 valence electrons. The molecule has 0 aliphatic carbocycles. The van der Waals surface area contributed by atoms with Crippen molar-refractivity contribution in [1.29, 1.82) is 0 Å². The molecule has 1 aliphatic heterocycles. The molecule has 4 heterocycles. The van der Waals surface area contributed by atoms with Crippen molar-refractivity contribution < 1.29 is 4.79 Å². The zero-order chi connectivity index (χ0) is 24.3. The lowest BCUT2D eigenvalue weighted by molar-refractivity contribution is 0.0941. The smallest absolute Gasteiger partial charge is 0.263 e. The normalized spacial score (nSPS) is 15.8. The molecule has 0 saturated carbocycles. The number of carbonyl (C=O) groups is 1. The van der Waals surface area contributed by atoms with E-state index >= 15 is 0 Å². The molecule has 1 amide bonds. The summed E-state index contributed by atoms with van der Waals surface area (Å²) in [5, 5.41) is 3.13. The van der Waals surface area contributed by atoms with Crippen molar-refractivity contribution in [1.82, 2.24) is 30.2 Å². The highest BCUT2D eigenvalue weighted by Gasteiger charge is 2.24. The molecule has 1 saturated heterocycles. The molecule has 1 atom stereocenters. The van der Waals surface area contributed by atoms with E-state index in [9.17, 15) is 4.79 Å². The van der Waals surface area contributed by atoms with Crippen molar-refractivity contribution in [2.75, 3.05) is 13.1 Å². The van der Waals surface area contributed by atoms with Gasteiger partial charge in [0, 0.05) is 43.0 Å². The van der Waals surface area contributed by atoms with Gasteiger partial charge in [0.25, 0.3) is 5.91 Å². The van der Waals surface area contributed by atoms with E-state index < -0.39 is 0 Å². The standard InChI is InChI=1S/C28H24N6OS/c35-28(24-15-29-18-36-24)31-22-12-14-34(17-22)16-19-8-10-21(11-9-19)26-25(20-5-2-1-3-6-20)32-23-7-4-13-30-27(23)33-26/h1-11,13,15,18,22H,12,14,16-17H2,(H,31,35). The Kier molecular flexibility index (Phi) is 6.19. The number of fused-ring (bicyclic) bond motifs is 1. The fraction of sp³-hybridized carbons (Fsp3) is 0.179. The number of nitrogens with zero attached hydrogens (tertiary/aromatic N) is 5. The van der Waals surface area contributed by atoms with E-state index in [-0.39, 0.29) is 11.9 Å². The number of hydrogen-bond acceptors (Lipinski definition) is 7. The first kappa shape index (κ1) is 22.5. The Morgan fingerprint density at radius 1 is 0.972 bits per heavy atom. The predicted octanol–water partition coefficient (Wildman–Crippen LogP) is 4.82. The van der Waals surface area contributed by atoms with E-state index in [1.807, 2.05) is 30.3 Å². The van der Waals surface area contributed by atoms with Gasteiger partial charge < -0.3 is 5.32 Å². The summed E-state index contributed by atoms with van der Waals surface area (Å²) in [6.07, 6.45) is 4.31. The molecule has 5 aromatic rings. The van der Waals surface area contributed by atoms with Gasteiger partial charge in [-0.15, -0.1) is 11.3 Å². The second-order valence-electron chi connectivity index (χ2n) is 8.89. The largest absolute Gasteiger partial charge is 0.347 e. The van der Waals surface area contributed by atoms with Gasteiger partial charge >= 0.3 is 0 Å². The van der Waals surface area contributed by atoms with Crippen molar-refractivity contribution in [3.8, 4) is 22.5 Å². The highest BCUT2D eigenvalue weighted by atomic mass is 32.1. The monoisotopic (exact) mass is 492 g/mol. The first-order valence-electron chi connectivity index (χ1n) is 11.9. The van der Waals surface area contributed by atoms with E-state index in [4.69, 9.17) is 9.97 Å². The van der Waals surface area contributed by atoms with Crippen molar-refractivity contribution in [2.24, 2.45) is 0 Å². The van der Waals surface area contributed by atoms with Gasteiger partial charge in [-0.1, -0.05) is 54.6 Å². The maximum absolute atomic E-state index is 12.3. The number of rotatable bonds is 6. The number of likely N-dealkylation sites (tertiary alicyclic amines) is 1. The van der Waals surface area contributed by atoms with Crippen LogP contribution in [0.2, 0.25) is 0 Å². The highest BCUT2D eigenvalue weighted by molar-refractivity contribution is 7.11. The molecule has 1 aliphatic rings. The topological polar surface area (TPSA) is 83.9 Å². The van der Waals surface area contributed by atoms with Gasteiger partial charge in [0.05, 0.1) is 23.1 Å². The summed E-state index contributed by atoms with van der Waals surface area (Å²) < 4.78 is 0. The Morgan fingerprint density at radius 2 is 1.78 bits per heavy atom. The molecule has 2 aromatic carbocycles. The van der Waals surface area contributed by atoms with E-state index in [0.29, 0.717) is 10.5 Å². The summed E-state index contributed by atoms with van der Waals surface area (Å²) in [7, 11) is 0. The Bertz CT molecular complexity index is 1490. The molecular weight excluding hydrogens is 468 g/mol. The minimum Gasteiger partial charge on any atom is -0.347 e. The zero-order valence-electron chi connectivity index (χ0n) is 19.5. The van der Waals surface area contributed by atoms with Crippen molar-refractivity contribution in [3.05, 3.63) is 95.1 Å². The van der Waals surface area contributed by atoms with Crippen molar-refractivity contribution in [2.45, 2.75) is 19.0 Å². The number of amides is 1. The van der Waals surface area contributed by atoms with Gasteiger partial charge in [-0.3, -0.25) is 14.7 Å². The molecule has 1 N–H and O–H groups in total. The summed E-state index contributed by atoms with van der Waals surface area (Å²) in [5.41, 5.74) is 8.03. The molecular formula is C28H24N6OS. The second-order valence-corrected chi connectivity index (χ2v) is 9.78. The predicted molar refractivity (Wildman–Crippen MR) is 141 cm³/mol. The number of aromatic nitrogens is 4. The molecule has 8 heteroatoms. The third-order valence-electron chi connectivity index (χ3n) is 6.38. The maximum atomic E-state index is 12.3. The summed E-state index contributed by atoms with van der Waals surface area (Å²) >= 11 is 1.37. The first-order valence-corrected chi connectivity index (χ1v) is 12.8. The summed E-state index contributed by atoms with van der Waals surface area (Å²) in [6.45, 7) is 2.63. The van der Waals surface area contributed by atoms with E-state index in [0.717, 1.165) is 54.1 Å². The molecule has 6 rings (SSSR count). The summed E-state index contributed by atoms with van der Waals surface area (Å²) in [5.74, 6) is -0.0334. The van der Waals surface area contributed by atoms with E-state index in [1.165, 1.54) is 16.9 Å². The quantitative estimate of drug-likeness (QED) is 0.366. The molecule has 0 radical (unpaired) electrons. The number of carbonyl (C=O) groups excluding carboxylic acids is 1. The third kappa shape index (κ3) is 4.73. The van der Waals surface area contributed by atoms with Crippen LogP contribution in [0.3, 0.4) is 0 Å². The summed E-state index contributed by atoms with van der Waals surface area (Å²) in [6, 6.07) is 22.7. The number of nitrogens with one attached hydrogen (secondary N) is 1. The van der Waals surface area contributed by atoms with Gasteiger partial charge in [-0.25, -0.2) is 15.0 Å². The van der Waals surface area contributed by atoms with Gasteiger partial charge in [0.2, 0.25) is 0 Å². The molecule has 1 unspecified atom stereocenters. The van der Waals surface area contributed by atoms with Crippen LogP contribution >= 0.6 is 11.3 Å². The van der Waals surface area contributed by atoms with Crippen LogP contribution in [0, 0.1) is 0 Å². The van der Waals surface area contributed by atoms with Crippen LogP contribution in [0.4, 0.5) is 0 Å². The Morgan fingerprint density at radius 3 is 2.58 bits per heavy atom. The Balaban J connectivity index is 1.19. The van der Waals surface area contributed by atoms with Crippen LogP contribution < -0.4 is 5.32 Å². The van der Waals surface area contributed by atoms with Crippen molar-refractivity contribution >= 4 is 28.4 Å². The molecule has 1 fully saturated rings. The zero-order valence-corrected chi connectivity index (χ0v) is 20.4. The Hall–Kier alpha value is -4.01. The number of pyridine rings is 1. The van der Waals surface area contributed by atoms with Crippen LogP contribution in [0.15, 0.2) is 84.6 Å². The number of benzene rings is 2. The minimum atomic E-state index is -0.0334. The van der Waals surface area contributed by atoms with Crippen LogP contribution in [-0.4, -0.2) is 49.9 Å². The fourth-order valence-electron chi connectivity index (χ4n) is 4.60. The van der Waals surface area contributed by atoms with Gasteiger partial charge in [0.15, 0.2) is 5.65 Å². The lowest BCUT2D eigenvalue weighted by Gasteiger charge is -2.17. The first-order chi connectivity index (χ1) is 17.7. The maximum Gasteiger partial charge on any atom is 0.263 e. The molecule has 36 heavy (non-hydrogen) atoms. The van der Waals surface area contributed by atoms with E-state index in [2.05, 4.69) is 56.6 Å². The van der Waals surface area contributed by atoms with Crippen LogP contribution in [0.5, 0.6) is 0 Å². The summed E-state index contributed by atoms with van der Waals surface area (Å²) in [4.78, 5) is 33.6. The average Bonchev–Trinajstić information content (AvgIpc) is 3.62. The third-order valence-corrected chi connectivity index (χ3v) is 7.16. The van der Waals surface area contributed by atoms with Gasteiger partial charge in [-0.05, 0) is 24.1 Å². The lowest BCUT2D eigenvalue weighted by Crippen LogP contribution is -2.36. The molecule has 0 spiro atoms. The minimum absolute atomic E-state index is 0.0334. The molecule has 0 bridgehead atoms. The van der Waals surface area contributed by atoms with Crippen molar-refractivity contribution in [3.63, 3.8) is 0 Å². The number of thiazole rings is 1. The second kappa shape index (κ2) is 9.93. The van der Waals surface area contributed by atoms with Crippen LogP contribution in [0.1, 0.15) is 21.7 Å². The lowest BCUT2D eigenvalue weighted by atomic mass is 10.0.